The summed E-state index contributed by atoms with van der Waals surface area (Å²) in [4.78, 5) is 18.7. The molecule has 0 aliphatic carbocycles. The van der Waals surface area contributed by atoms with Gasteiger partial charge >= 0.3 is 6.03 Å². The van der Waals surface area contributed by atoms with Crippen LogP contribution in [-0.2, 0) is 17.7 Å². The van der Waals surface area contributed by atoms with Crippen LogP contribution >= 0.6 is 0 Å². The summed E-state index contributed by atoms with van der Waals surface area (Å²) in [5.74, 6) is 2.19. The van der Waals surface area contributed by atoms with Crippen molar-refractivity contribution in [2.75, 3.05) is 26.9 Å². The van der Waals surface area contributed by atoms with Crippen molar-refractivity contribution >= 4 is 6.03 Å². The van der Waals surface area contributed by atoms with E-state index in [9.17, 15) is 4.79 Å². The molecule has 0 spiro atoms. The van der Waals surface area contributed by atoms with Crippen LogP contribution in [0.2, 0.25) is 0 Å². The fourth-order valence-corrected chi connectivity index (χ4v) is 2.78. The van der Waals surface area contributed by atoms with Gasteiger partial charge < -0.3 is 24.1 Å². The number of aromatic nitrogens is 1. The molecule has 3 heterocycles. The second-order valence-corrected chi connectivity index (χ2v) is 5.77. The molecular weight excluding hydrogens is 322 g/mol. The molecule has 1 aliphatic rings. The van der Waals surface area contributed by atoms with E-state index in [0.29, 0.717) is 32.2 Å². The summed E-state index contributed by atoms with van der Waals surface area (Å²) in [6.45, 7) is 3.83. The van der Waals surface area contributed by atoms with Crippen LogP contribution in [0, 0.1) is 0 Å². The fraction of sp³-hybridized carbons (Fsp3) is 0.444. The summed E-state index contributed by atoms with van der Waals surface area (Å²) in [6, 6.07) is 8.95. The Labute approximate surface area is 146 Å². The molecule has 2 amide bonds. The van der Waals surface area contributed by atoms with Crippen LogP contribution in [0.5, 0.6) is 5.88 Å². The molecule has 0 saturated carbocycles. The van der Waals surface area contributed by atoms with Gasteiger partial charge in [-0.25, -0.2) is 9.78 Å². The summed E-state index contributed by atoms with van der Waals surface area (Å²) in [5, 5.41) is 2.91. The highest BCUT2D eigenvalue weighted by atomic mass is 16.5. The number of rotatable bonds is 5. The first-order chi connectivity index (χ1) is 12.2. The highest BCUT2D eigenvalue weighted by Crippen LogP contribution is 2.26. The zero-order valence-electron chi connectivity index (χ0n) is 14.5. The first-order valence-electron chi connectivity index (χ1n) is 8.42. The molecule has 0 radical (unpaired) electrons. The summed E-state index contributed by atoms with van der Waals surface area (Å²) >= 11 is 0. The van der Waals surface area contributed by atoms with E-state index in [-0.39, 0.29) is 12.1 Å². The molecule has 0 unspecified atom stereocenters. The van der Waals surface area contributed by atoms with Crippen LogP contribution in [0.15, 0.2) is 34.7 Å². The minimum absolute atomic E-state index is 0.160. The maximum absolute atomic E-state index is 12.6. The number of hydrogen-bond acceptors (Lipinski definition) is 5. The number of methoxy groups -OCH3 is 1. The van der Waals surface area contributed by atoms with E-state index in [1.54, 1.807) is 18.1 Å². The molecule has 2 aromatic heterocycles. The molecule has 1 N–H and O–H groups in total. The van der Waals surface area contributed by atoms with E-state index in [1.807, 2.05) is 31.2 Å². The fourth-order valence-electron chi connectivity index (χ4n) is 2.78. The van der Waals surface area contributed by atoms with Gasteiger partial charge in [0.15, 0.2) is 0 Å². The highest BCUT2D eigenvalue weighted by Gasteiger charge is 2.30. The van der Waals surface area contributed by atoms with Crippen molar-refractivity contribution in [3.63, 3.8) is 0 Å². The Balaban J connectivity index is 1.66. The largest absolute Gasteiger partial charge is 0.481 e. The molecule has 3 rings (SSSR count). The number of carbonyl (C=O) groups excluding carboxylic acids is 1. The molecule has 0 bridgehead atoms. The van der Waals surface area contributed by atoms with Gasteiger partial charge in [-0.2, -0.15) is 0 Å². The number of nitrogens with zero attached hydrogens (tertiary/aromatic N) is 2. The standard InChI is InChI=1S/C18H23N3O4/c1-3-14-7-8-16(25-14)15-12-24-10-9-21(15)18(22)19-11-13-5-4-6-17(20-13)23-2/h4-8,15H,3,9-12H2,1-2H3,(H,19,22)/t15-/m0/s1. The maximum Gasteiger partial charge on any atom is 0.318 e. The molecule has 134 valence electrons. The van der Waals surface area contributed by atoms with Gasteiger partial charge in [0.2, 0.25) is 5.88 Å². The van der Waals surface area contributed by atoms with Gasteiger partial charge in [-0.05, 0) is 18.2 Å². The normalized spacial score (nSPS) is 17.4. The molecule has 1 aliphatic heterocycles. The van der Waals surface area contributed by atoms with Crippen LogP contribution in [-0.4, -0.2) is 42.8 Å². The van der Waals surface area contributed by atoms with Crippen molar-refractivity contribution in [3.05, 3.63) is 47.5 Å². The molecule has 25 heavy (non-hydrogen) atoms. The monoisotopic (exact) mass is 345 g/mol. The minimum atomic E-state index is -0.215. The first-order valence-corrected chi connectivity index (χ1v) is 8.42. The number of amides is 2. The summed E-state index contributed by atoms with van der Waals surface area (Å²) in [7, 11) is 1.57. The molecule has 0 aromatic carbocycles. The summed E-state index contributed by atoms with van der Waals surface area (Å²) in [5.41, 5.74) is 0.740. The lowest BCUT2D eigenvalue weighted by molar-refractivity contribution is 0.00390. The van der Waals surface area contributed by atoms with Gasteiger partial charge in [0, 0.05) is 19.0 Å². The number of morpholine rings is 1. The second-order valence-electron chi connectivity index (χ2n) is 5.77. The Morgan fingerprint density at radius 3 is 3.04 bits per heavy atom. The molecule has 7 nitrogen and oxygen atoms in total. The molecule has 7 heteroatoms. The summed E-state index contributed by atoms with van der Waals surface area (Å²) < 4.78 is 16.5. The van der Waals surface area contributed by atoms with Gasteiger partial charge in [0.05, 0.1) is 32.6 Å². The number of nitrogens with one attached hydrogen (secondary N) is 1. The predicted molar refractivity (Wildman–Crippen MR) is 91.4 cm³/mol. The number of pyridine rings is 1. The minimum Gasteiger partial charge on any atom is -0.481 e. The SMILES string of the molecule is CCc1ccc([C@@H]2COCCN2C(=O)NCc2cccc(OC)n2)o1. The average molecular weight is 345 g/mol. The van der Waals surface area contributed by atoms with Gasteiger partial charge in [0.1, 0.15) is 17.6 Å². The van der Waals surface area contributed by atoms with Gasteiger partial charge in [-0.1, -0.05) is 13.0 Å². The Kier molecular flexibility index (Phi) is 5.55. The van der Waals surface area contributed by atoms with Crippen molar-refractivity contribution in [2.45, 2.75) is 25.9 Å². The van der Waals surface area contributed by atoms with E-state index in [4.69, 9.17) is 13.9 Å². The number of carbonyl (C=O) groups is 1. The van der Waals surface area contributed by atoms with E-state index >= 15 is 0 Å². The Hall–Kier alpha value is -2.54. The summed E-state index contributed by atoms with van der Waals surface area (Å²) in [6.07, 6.45) is 0.821. The van der Waals surface area contributed by atoms with E-state index in [0.717, 1.165) is 23.6 Å². The van der Waals surface area contributed by atoms with E-state index < -0.39 is 0 Å². The van der Waals surface area contributed by atoms with Crippen LogP contribution in [0.1, 0.15) is 30.2 Å². The van der Waals surface area contributed by atoms with Gasteiger partial charge in [-0.15, -0.1) is 0 Å². The number of ether oxygens (including phenoxy) is 2. The zero-order chi connectivity index (χ0) is 17.6. The smallest absolute Gasteiger partial charge is 0.318 e. The number of hydrogen-bond donors (Lipinski definition) is 1. The third-order valence-corrected chi connectivity index (χ3v) is 4.16. The van der Waals surface area contributed by atoms with Crippen LogP contribution < -0.4 is 10.1 Å². The van der Waals surface area contributed by atoms with Crippen molar-refractivity contribution < 1.29 is 18.7 Å². The lowest BCUT2D eigenvalue weighted by Gasteiger charge is -2.34. The lowest BCUT2D eigenvalue weighted by Crippen LogP contribution is -2.47. The van der Waals surface area contributed by atoms with Gasteiger partial charge in [-0.3, -0.25) is 0 Å². The van der Waals surface area contributed by atoms with Crippen LogP contribution in [0.25, 0.3) is 0 Å². The lowest BCUT2D eigenvalue weighted by atomic mass is 10.2. The molecule has 1 atom stereocenters. The highest BCUT2D eigenvalue weighted by molar-refractivity contribution is 5.74. The number of furan rings is 1. The predicted octanol–water partition coefficient (Wildman–Crippen LogP) is 2.53. The van der Waals surface area contributed by atoms with Crippen molar-refractivity contribution in [1.82, 2.24) is 15.2 Å². The van der Waals surface area contributed by atoms with Gasteiger partial charge in [0.25, 0.3) is 0 Å². The van der Waals surface area contributed by atoms with Crippen LogP contribution in [0.3, 0.4) is 0 Å². The molecule has 1 saturated heterocycles. The third-order valence-electron chi connectivity index (χ3n) is 4.16. The molecular formula is C18H23N3O4. The maximum atomic E-state index is 12.6. The van der Waals surface area contributed by atoms with Crippen molar-refractivity contribution in [2.24, 2.45) is 0 Å². The Morgan fingerprint density at radius 1 is 1.40 bits per heavy atom. The van der Waals surface area contributed by atoms with E-state index in [2.05, 4.69) is 10.3 Å². The number of urea groups is 1. The van der Waals surface area contributed by atoms with Crippen molar-refractivity contribution in [1.29, 1.82) is 0 Å². The topological polar surface area (TPSA) is 76.8 Å². The van der Waals surface area contributed by atoms with Crippen LogP contribution in [0.4, 0.5) is 4.79 Å². The Bertz CT molecular complexity index is 716. The molecule has 2 aromatic rings. The first kappa shape index (κ1) is 17.3. The van der Waals surface area contributed by atoms with E-state index in [1.165, 1.54) is 0 Å². The molecule has 1 fully saturated rings. The Morgan fingerprint density at radius 2 is 2.28 bits per heavy atom. The van der Waals surface area contributed by atoms with Crippen molar-refractivity contribution in [3.8, 4) is 5.88 Å². The number of aryl methyl sites for hydroxylation is 1. The second kappa shape index (κ2) is 8.02. The third kappa shape index (κ3) is 4.11. The zero-order valence-corrected chi connectivity index (χ0v) is 14.5. The average Bonchev–Trinajstić information content (AvgIpc) is 3.15. The quantitative estimate of drug-likeness (QED) is 0.901.